The average molecular weight is 393 g/mol. The second-order valence-corrected chi connectivity index (χ2v) is 5.84. The van der Waals surface area contributed by atoms with Gasteiger partial charge in [-0.3, -0.25) is 4.79 Å². The third kappa shape index (κ3) is 2.49. The van der Waals surface area contributed by atoms with E-state index >= 15 is 0 Å². The first-order valence-electron chi connectivity index (χ1n) is 6.29. The maximum absolute atomic E-state index is 12.2. The van der Waals surface area contributed by atoms with Crippen LogP contribution in [0.15, 0.2) is 36.4 Å². The lowest BCUT2D eigenvalue weighted by Crippen LogP contribution is -2.03. The highest BCUT2D eigenvalue weighted by Gasteiger charge is 2.25. The molecule has 0 saturated heterocycles. The van der Waals surface area contributed by atoms with Crippen molar-refractivity contribution in [3.8, 4) is 11.5 Å². The molecule has 2 aromatic carbocycles. The number of carbonyl (C=O) groups excluding carboxylic acids is 1. The number of phenols is 1. The molecule has 0 radical (unpaired) electrons. The van der Waals surface area contributed by atoms with Crippen LogP contribution in [0, 0.1) is 3.57 Å². The predicted molar refractivity (Wildman–Crippen MR) is 90.3 cm³/mol. The number of aromatic hydroxyl groups is 1. The molecule has 3 rings (SSSR count). The number of amides is 1. The van der Waals surface area contributed by atoms with E-state index in [9.17, 15) is 9.90 Å². The molecule has 2 aromatic rings. The van der Waals surface area contributed by atoms with Crippen LogP contribution in [0.2, 0.25) is 0 Å². The van der Waals surface area contributed by atoms with Gasteiger partial charge in [-0.15, -0.1) is 0 Å². The average Bonchev–Trinajstić information content (AvgIpc) is 2.77. The normalized spacial score (nSPS) is 15.0. The van der Waals surface area contributed by atoms with E-state index in [1.807, 2.05) is 18.2 Å². The Hall–Kier alpha value is -2.02. The van der Waals surface area contributed by atoms with Crippen LogP contribution in [0.25, 0.3) is 11.6 Å². The van der Waals surface area contributed by atoms with E-state index in [4.69, 9.17) is 4.74 Å². The smallest absolute Gasteiger partial charge is 0.256 e. The van der Waals surface area contributed by atoms with E-state index in [-0.39, 0.29) is 11.7 Å². The van der Waals surface area contributed by atoms with Crippen LogP contribution >= 0.6 is 22.6 Å². The van der Waals surface area contributed by atoms with Crippen molar-refractivity contribution in [2.24, 2.45) is 0 Å². The zero-order valence-corrected chi connectivity index (χ0v) is 13.3. The van der Waals surface area contributed by atoms with Crippen molar-refractivity contribution in [2.75, 3.05) is 12.4 Å². The van der Waals surface area contributed by atoms with Crippen LogP contribution in [-0.2, 0) is 4.79 Å². The van der Waals surface area contributed by atoms with E-state index in [0.717, 1.165) is 14.8 Å². The van der Waals surface area contributed by atoms with Crippen molar-refractivity contribution in [1.29, 1.82) is 0 Å². The standard InChI is InChI=1S/C16H12INO3/c1-21-15-4-2-3-14(19)12(15)8-11-10-7-9(17)5-6-13(10)18-16(11)20/h2-8,19H,1H3,(H,18,20). The Morgan fingerprint density at radius 1 is 1.29 bits per heavy atom. The fourth-order valence-electron chi connectivity index (χ4n) is 2.30. The number of hydrogen-bond acceptors (Lipinski definition) is 3. The van der Waals surface area contributed by atoms with Crippen molar-refractivity contribution >= 4 is 45.8 Å². The molecule has 1 heterocycles. The summed E-state index contributed by atoms with van der Waals surface area (Å²) >= 11 is 2.20. The molecule has 0 spiro atoms. The first-order chi connectivity index (χ1) is 10.1. The summed E-state index contributed by atoms with van der Waals surface area (Å²) in [7, 11) is 1.53. The lowest BCUT2D eigenvalue weighted by atomic mass is 10.0. The van der Waals surface area contributed by atoms with Gasteiger partial charge in [0.2, 0.25) is 0 Å². The Balaban J connectivity index is 2.18. The summed E-state index contributed by atoms with van der Waals surface area (Å²) in [6.07, 6.45) is 1.66. The molecule has 0 atom stereocenters. The highest BCUT2D eigenvalue weighted by Crippen LogP contribution is 2.37. The number of hydrogen-bond donors (Lipinski definition) is 2. The third-order valence-electron chi connectivity index (χ3n) is 3.32. The molecule has 1 amide bonds. The number of ether oxygens (including phenoxy) is 1. The molecule has 1 aliphatic heterocycles. The van der Waals surface area contributed by atoms with Gasteiger partial charge in [0.15, 0.2) is 0 Å². The van der Waals surface area contributed by atoms with E-state index in [1.54, 1.807) is 24.3 Å². The lowest BCUT2D eigenvalue weighted by molar-refractivity contribution is -0.110. The van der Waals surface area contributed by atoms with Crippen LogP contribution in [-0.4, -0.2) is 18.1 Å². The number of phenolic OH excluding ortho intramolecular Hbond substituents is 1. The highest BCUT2D eigenvalue weighted by atomic mass is 127. The summed E-state index contributed by atoms with van der Waals surface area (Å²) in [6, 6.07) is 10.8. The number of rotatable bonds is 2. The fourth-order valence-corrected chi connectivity index (χ4v) is 2.79. The Labute approximate surface area is 135 Å². The molecule has 1 aliphatic rings. The monoisotopic (exact) mass is 393 g/mol. The zero-order chi connectivity index (χ0) is 15.0. The van der Waals surface area contributed by atoms with Gasteiger partial charge in [-0.2, -0.15) is 0 Å². The fraction of sp³-hybridized carbons (Fsp3) is 0.0625. The Morgan fingerprint density at radius 2 is 2.10 bits per heavy atom. The van der Waals surface area contributed by atoms with Crippen LogP contribution in [0.1, 0.15) is 11.1 Å². The molecular weight excluding hydrogens is 381 g/mol. The summed E-state index contributed by atoms with van der Waals surface area (Å²) in [4.78, 5) is 12.2. The second-order valence-electron chi connectivity index (χ2n) is 4.60. The van der Waals surface area contributed by atoms with E-state index in [2.05, 4.69) is 27.9 Å². The second kappa shape index (κ2) is 5.40. The summed E-state index contributed by atoms with van der Waals surface area (Å²) in [6.45, 7) is 0. The van der Waals surface area contributed by atoms with Crippen LogP contribution in [0.3, 0.4) is 0 Å². The maximum Gasteiger partial charge on any atom is 0.256 e. The molecule has 4 nitrogen and oxygen atoms in total. The molecule has 0 fully saturated rings. The van der Waals surface area contributed by atoms with Gasteiger partial charge in [-0.25, -0.2) is 0 Å². The quantitative estimate of drug-likeness (QED) is 0.607. The van der Waals surface area contributed by atoms with Gasteiger partial charge in [-0.1, -0.05) is 6.07 Å². The maximum atomic E-state index is 12.2. The number of benzene rings is 2. The summed E-state index contributed by atoms with van der Waals surface area (Å²) in [5, 5.41) is 12.8. The Bertz CT molecular complexity index is 768. The van der Waals surface area contributed by atoms with E-state index in [0.29, 0.717) is 16.9 Å². The number of nitrogens with one attached hydrogen (secondary N) is 1. The molecule has 0 unspecified atom stereocenters. The zero-order valence-electron chi connectivity index (χ0n) is 11.2. The predicted octanol–water partition coefficient (Wildman–Crippen LogP) is 3.50. The summed E-state index contributed by atoms with van der Waals surface area (Å²) in [5.74, 6) is 0.417. The molecule has 0 aliphatic carbocycles. The molecule has 0 bridgehead atoms. The largest absolute Gasteiger partial charge is 0.507 e. The minimum atomic E-state index is -0.183. The first kappa shape index (κ1) is 13.9. The molecular formula is C16H12INO3. The van der Waals surface area contributed by atoms with Gasteiger partial charge >= 0.3 is 0 Å². The van der Waals surface area contributed by atoms with Crippen molar-refractivity contribution in [3.05, 3.63) is 51.1 Å². The minimum absolute atomic E-state index is 0.0775. The van der Waals surface area contributed by atoms with Crippen molar-refractivity contribution in [1.82, 2.24) is 0 Å². The van der Waals surface area contributed by atoms with Gasteiger partial charge < -0.3 is 15.2 Å². The van der Waals surface area contributed by atoms with E-state index in [1.165, 1.54) is 7.11 Å². The van der Waals surface area contributed by atoms with Crippen molar-refractivity contribution in [3.63, 3.8) is 0 Å². The molecule has 21 heavy (non-hydrogen) atoms. The van der Waals surface area contributed by atoms with Gasteiger partial charge in [0, 0.05) is 20.4 Å². The number of halogens is 1. The molecule has 0 saturated carbocycles. The Morgan fingerprint density at radius 3 is 2.86 bits per heavy atom. The van der Waals surface area contributed by atoms with Crippen LogP contribution < -0.4 is 10.1 Å². The van der Waals surface area contributed by atoms with Crippen molar-refractivity contribution < 1.29 is 14.6 Å². The van der Waals surface area contributed by atoms with Gasteiger partial charge in [0.05, 0.1) is 12.7 Å². The van der Waals surface area contributed by atoms with Crippen molar-refractivity contribution in [2.45, 2.75) is 0 Å². The first-order valence-corrected chi connectivity index (χ1v) is 7.37. The lowest BCUT2D eigenvalue weighted by Gasteiger charge is -2.07. The highest BCUT2D eigenvalue weighted by molar-refractivity contribution is 14.1. The number of anilines is 1. The number of fused-ring (bicyclic) bond motifs is 1. The SMILES string of the molecule is COc1cccc(O)c1C=C1C(=O)Nc2ccc(I)cc21. The van der Waals surface area contributed by atoms with E-state index < -0.39 is 0 Å². The summed E-state index contributed by atoms with van der Waals surface area (Å²) in [5.41, 5.74) is 2.62. The molecule has 106 valence electrons. The van der Waals surface area contributed by atoms with Crippen LogP contribution in [0.5, 0.6) is 11.5 Å². The van der Waals surface area contributed by atoms with Gasteiger partial charge in [-0.05, 0) is 59.0 Å². The number of methoxy groups -OCH3 is 1. The Kier molecular flexibility index (Phi) is 3.59. The minimum Gasteiger partial charge on any atom is -0.507 e. The number of carbonyl (C=O) groups is 1. The molecule has 0 aromatic heterocycles. The van der Waals surface area contributed by atoms with Gasteiger partial charge in [0.1, 0.15) is 11.5 Å². The topological polar surface area (TPSA) is 58.6 Å². The van der Waals surface area contributed by atoms with Crippen LogP contribution in [0.4, 0.5) is 5.69 Å². The van der Waals surface area contributed by atoms with Gasteiger partial charge in [0.25, 0.3) is 5.91 Å². The molecule has 2 N–H and O–H groups in total. The third-order valence-corrected chi connectivity index (χ3v) is 3.99. The summed E-state index contributed by atoms with van der Waals surface area (Å²) < 4.78 is 6.29. The molecule has 5 heteroatoms.